The van der Waals surface area contributed by atoms with Crippen molar-refractivity contribution in [3.63, 3.8) is 0 Å². The Balaban J connectivity index is 1.08. The highest BCUT2D eigenvalue weighted by Gasteiger charge is 2.30. The molecule has 4 aromatic rings. The molecule has 11 heteroatoms. The zero-order valence-corrected chi connectivity index (χ0v) is 24.6. The third kappa shape index (κ3) is 10.6. The van der Waals surface area contributed by atoms with Crippen molar-refractivity contribution in [3.05, 3.63) is 94.6 Å². The van der Waals surface area contributed by atoms with Gasteiger partial charge in [-0.15, -0.1) is 5.10 Å². The van der Waals surface area contributed by atoms with Gasteiger partial charge in [0, 0.05) is 30.5 Å². The van der Waals surface area contributed by atoms with E-state index in [4.69, 9.17) is 0 Å². The molecule has 0 saturated carbocycles. The molecule has 2 heterocycles. The number of alkyl halides is 3. The summed E-state index contributed by atoms with van der Waals surface area (Å²) in [5.74, 6) is 0.451. The van der Waals surface area contributed by atoms with Gasteiger partial charge in [0.15, 0.2) is 0 Å². The molecule has 0 saturated heterocycles. The number of nitrogens with zero attached hydrogens (tertiary/aromatic N) is 4. The summed E-state index contributed by atoms with van der Waals surface area (Å²) in [6.45, 7) is 3.46. The van der Waals surface area contributed by atoms with Crippen LogP contribution in [-0.4, -0.2) is 37.4 Å². The number of amides is 1. The fourth-order valence-corrected chi connectivity index (χ4v) is 4.77. The molecule has 0 spiro atoms. The van der Waals surface area contributed by atoms with Crippen LogP contribution in [-0.2, 0) is 38.5 Å². The summed E-state index contributed by atoms with van der Waals surface area (Å²) in [6.07, 6.45) is 8.55. The van der Waals surface area contributed by atoms with Gasteiger partial charge in [0.1, 0.15) is 0 Å². The molecule has 0 radical (unpaired) electrons. The topological polar surface area (TPSA) is 101 Å². The van der Waals surface area contributed by atoms with Crippen LogP contribution in [0.25, 0.3) is 0 Å². The van der Waals surface area contributed by atoms with Crippen molar-refractivity contribution in [1.29, 1.82) is 0 Å². The zero-order chi connectivity index (χ0) is 30.5. The molecule has 0 aliphatic carbocycles. The van der Waals surface area contributed by atoms with Gasteiger partial charge in [0.05, 0.1) is 24.0 Å². The first kappa shape index (κ1) is 31.8. The largest absolute Gasteiger partial charge is 0.416 e. The number of hydrogen-bond donors (Lipinski definition) is 3. The number of aromatic amines is 1. The maximum Gasteiger partial charge on any atom is 0.416 e. The molecular weight excluding hydrogens is 555 g/mol. The Morgan fingerprint density at radius 2 is 1.74 bits per heavy atom. The van der Waals surface area contributed by atoms with E-state index in [0.29, 0.717) is 30.2 Å². The number of aryl methyl sites for hydroxylation is 3. The number of carbonyl (C=O) groups is 1. The fraction of sp³-hybridized carbons (Fsp3) is 0.438. The van der Waals surface area contributed by atoms with Crippen LogP contribution in [0.3, 0.4) is 0 Å². The van der Waals surface area contributed by atoms with Gasteiger partial charge < -0.3 is 15.6 Å². The number of nitrogens with one attached hydrogen (secondary N) is 3. The number of carbonyl (C=O) groups excluding carboxylic acids is 1. The number of benzene rings is 2. The molecule has 1 amide bonds. The summed E-state index contributed by atoms with van der Waals surface area (Å²) in [6, 6.07) is 13.1. The second-order valence-corrected chi connectivity index (χ2v) is 10.8. The van der Waals surface area contributed by atoms with Gasteiger partial charge >= 0.3 is 6.18 Å². The molecule has 43 heavy (non-hydrogen) atoms. The molecule has 2 aromatic heterocycles. The van der Waals surface area contributed by atoms with E-state index >= 15 is 0 Å². The van der Waals surface area contributed by atoms with E-state index in [1.54, 1.807) is 16.9 Å². The van der Waals surface area contributed by atoms with Crippen LogP contribution in [0.5, 0.6) is 0 Å². The van der Waals surface area contributed by atoms with Gasteiger partial charge in [-0.2, -0.15) is 13.2 Å². The Hall–Kier alpha value is -4.15. The van der Waals surface area contributed by atoms with Crippen LogP contribution < -0.4 is 10.6 Å². The summed E-state index contributed by atoms with van der Waals surface area (Å²) in [5, 5.41) is 14.4. The van der Waals surface area contributed by atoms with Gasteiger partial charge in [-0.1, -0.05) is 55.7 Å². The van der Waals surface area contributed by atoms with Crippen molar-refractivity contribution in [2.24, 2.45) is 0 Å². The fourth-order valence-electron chi connectivity index (χ4n) is 4.77. The zero-order valence-electron chi connectivity index (χ0n) is 24.6. The van der Waals surface area contributed by atoms with E-state index < -0.39 is 11.7 Å². The second kappa shape index (κ2) is 15.9. The molecule has 230 valence electrons. The van der Waals surface area contributed by atoms with E-state index in [-0.39, 0.29) is 12.5 Å². The number of aromatic nitrogens is 5. The van der Waals surface area contributed by atoms with Gasteiger partial charge in [-0.3, -0.25) is 9.48 Å². The molecule has 8 nitrogen and oxygen atoms in total. The lowest BCUT2D eigenvalue weighted by Crippen LogP contribution is -2.27. The van der Waals surface area contributed by atoms with Crippen LogP contribution in [0.4, 0.5) is 19.1 Å². The maximum absolute atomic E-state index is 12.9. The molecule has 0 bridgehead atoms. The highest BCUT2D eigenvalue weighted by Crippen LogP contribution is 2.29. The van der Waals surface area contributed by atoms with Crippen LogP contribution in [0, 0.1) is 0 Å². The monoisotopic (exact) mass is 595 g/mol. The normalized spacial score (nSPS) is 11.5. The van der Waals surface area contributed by atoms with Crippen molar-refractivity contribution in [3.8, 4) is 0 Å². The van der Waals surface area contributed by atoms with Crippen molar-refractivity contribution in [2.45, 2.75) is 84.0 Å². The molecule has 4 rings (SSSR count). The summed E-state index contributed by atoms with van der Waals surface area (Å²) in [4.78, 5) is 19.9. The molecule has 0 unspecified atom stereocenters. The Kier molecular flexibility index (Phi) is 11.8. The van der Waals surface area contributed by atoms with E-state index in [1.165, 1.54) is 30.9 Å². The Morgan fingerprint density at radius 1 is 0.953 bits per heavy atom. The third-order valence-electron chi connectivity index (χ3n) is 7.22. The number of H-pyrrole nitrogens is 1. The summed E-state index contributed by atoms with van der Waals surface area (Å²) in [5.41, 5.74) is 3.70. The predicted molar refractivity (Wildman–Crippen MR) is 161 cm³/mol. The van der Waals surface area contributed by atoms with Gasteiger partial charge in [0.25, 0.3) is 5.91 Å². The van der Waals surface area contributed by atoms with Crippen molar-refractivity contribution >= 4 is 11.9 Å². The molecule has 0 aliphatic heterocycles. The van der Waals surface area contributed by atoms with Crippen LogP contribution in [0.2, 0.25) is 0 Å². The van der Waals surface area contributed by atoms with Crippen LogP contribution in [0.15, 0.2) is 60.9 Å². The van der Waals surface area contributed by atoms with E-state index in [1.807, 2.05) is 30.5 Å². The molecule has 0 atom stereocenters. The van der Waals surface area contributed by atoms with Crippen molar-refractivity contribution in [2.75, 3.05) is 11.9 Å². The minimum Gasteiger partial charge on any atom is -0.352 e. The first-order valence-electron chi connectivity index (χ1n) is 15.0. The molecule has 0 aliphatic rings. The number of halogens is 3. The van der Waals surface area contributed by atoms with Crippen molar-refractivity contribution < 1.29 is 18.0 Å². The second-order valence-electron chi connectivity index (χ2n) is 10.8. The van der Waals surface area contributed by atoms with E-state index in [9.17, 15) is 18.0 Å². The van der Waals surface area contributed by atoms with Crippen molar-refractivity contribution in [1.82, 2.24) is 30.3 Å². The average molecular weight is 596 g/mol. The number of hydrogen-bond acceptors (Lipinski definition) is 5. The van der Waals surface area contributed by atoms with Gasteiger partial charge in [-0.25, -0.2) is 4.98 Å². The first-order valence-corrected chi connectivity index (χ1v) is 15.0. The summed E-state index contributed by atoms with van der Waals surface area (Å²) >= 11 is 0. The van der Waals surface area contributed by atoms with E-state index in [2.05, 4.69) is 37.8 Å². The minimum absolute atomic E-state index is 0.0867. The van der Waals surface area contributed by atoms with Gasteiger partial charge in [-0.05, 0) is 73.9 Å². The average Bonchev–Trinajstić information content (AvgIpc) is 3.65. The molecular formula is C32H40F3N7O. The first-order chi connectivity index (χ1) is 20.8. The Labute approximate surface area is 250 Å². The molecule has 3 N–H and O–H groups in total. The lowest BCUT2D eigenvalue weighted by Gasteiger charge is -2.09. The summed E-state index contributed by atoms with van der Waals surface area (Å²) in [7, 11) is 0. The van der Waals surface area contributed by atoms with Crippen LogP contribution >= 0.6 is 0 Å². The quantitative estimate of drug-likeness (QED) is 0.117. The number of anilines is 1. The van der Waals surface area contributed by atoms with Crippen LogP contribution in [0.1, 0.15) is 83.9 Å². The minimum atomic E-state index is -4.36. The highest BCUT2D eigenvalue weighted by molar-refractivity contribution is 5.94. The number of imidazole rings is 1. The number of unbranched alkanes of at least 4 members (excludes halogenated alkanes) is 4. The molecule has 2 aromatic carbocycles. The smallest absolute Gasteiger partial charge is 0.352 e. The third-order valence-corrected chi connectivity index (χ3v) is 7.22. The maximum atomic E-state index is 12.9. The lowest BCUT2D eigenvalue weighted by atomic mass is 10.1. The van der Waals surface area contributed by atoms with E-state index in [0.717, 1.165) is 62.0 Å². The number of rotatable bonds is 17. The Morgan fingerprint density at radius 3 is 2.53 bits per heavy atom. The standard InChI is InChI=1S/C32H40F3N7O/c1-2-3-5-9-24-14-16-26(17-15-24)30(43)36-18-19-42-23-29(40-41-42)13-7-4-6-12-28-22-38-31(39-28)37-21-25-10-8-11-27(20-25)32(33,34)35/h8,10-11,14-17,20,22-23H,2-7,9,12-13,18-19,21H2,1H3,(H,36,43)(H2,37,38,39). The Bertz CT molecular complexity index is 1410. The summed E-state index contributed by atoms with van der Waals surface area (Å²) < 4.78 is 40.5. The lowest BCUT2D eigenvalue weighted by molar-refractivity contribution is -0.137. The SMILES string of the molecule is CCCCCc1ccc(C(=O)NCCn2cc(CCCCCc3cnc(NCc4cccc(C(F)(F)F)c4)[nH]3)nn2)cc1. The predicted octanol–water partition coefficient (Wildman–Crippen LogP) is 6.75. The highest BCUT2D eigenvalue weighted by atomic mass is 19.4. The molecule has 0 fully saturated rings. The van der Waals surface area contributed by atoms with Gasteiger partial charge in [0.2, 0.25) is 5.95 Å².